The molecule has 0 amide bonds. The number of hydrogen-bond acceptors (Lipinski definition) is 5. The Labute approximate surface area is 160 Å². The van der Waals surface area contributed by atoms with Gasteiger partial charge in [0.15, 0.2) is 0 Å². The van der Waals surface area contributed by atoms with Crippen LogP contribution in [0.15, 0.2) is 47.4 Å². The van der Waals surface area contributed by atoms with Crippen molar-refractivity contribution in [3.05, 3.63) is 68.6 Å². The number of H-pyrrole nitrogens is 1. The number of aromatic amines is 1. The zero-order chi connectivity index (χ0) is 19.8. The molecule has 4 aromatic rings. The van der Waals surface area contributed by atoms with Crippen molar-refractivity contribution < 1.29 is 4.92 Å². The van der Waals surface area contributed by atoms with Crippen molar-refractivity contribution in [1.29, 1.82) is 0 Å². The van der Waals surface area contributed by atoms with E-state index in [4.69, 9.17) is 0 Å². The van der Waals surface area contributed by atoms with Gasteiger partial charge in [-0.05, 0) is 31.0 Å². The van der Waals surface area contributed by atoms with Crippen LogP contribution in [0.5, 0.6) is 0 Å². The number of nitro groups is 1. The second-order valence-corrected chi connectivity index (χ2v) is 6.66. The summed E-state index contributed by atoms with van der Waals surface area (Å²) >= 11 is 0. The van der Waals surface area contributed by atoms with Crippen molar-refractivity contribution in [3.8, 4) is 11.3 Å². The van der Waals surface area contributed by atoms with Gasteiger partial charge in [0.2, 0.25) is 0 Å². The lowest BCUT2D eigenvalue weighted by atomic mass is 10.1. The molecule has 4 rings (SSSR count). The van der Waals surface area contributed by atoms with Crippen LogP contribution in [-0.4, -0.2) is 26.1 Å². The van der Waals surface area contributed by atoms with Gasteiger partial charge in [-0.15, -0.1) is 0 Å². The van der Waals surface area contributed by atoms with Gasteiger partial charge in [0.25, 0.3) is 11.2 Å². The average Bonchev–Trinajstić information content (AvgIpc) is 3.04. The van der Waals surface area contributed by atoms with Crippen molar-refractivity contribution in [2.24, 2.45) is 0 Å². The number of non-ortho nitro benzene ring substituents is 1. The molecule has 2 N–H and O–H groups in total. The molecule has 28 heavy (non-hydrogen) atoms. The van der Waals surface area contributed by atoms with Gasteiger partial charge < -0.3 is 10.4 Å². The molecule has 0 fully saturated rings. The van der Waals surface area contributed by atoms with Crippen LogP contribution in [0.3, 0.4) is 0 Å². The van der Waals surface area contributed by atoms with E-state index in [0.717, 1.165) is 17.4 Å². The number of aromatic nitrogens is 3. The predicted molar refractivity (Wildman–Crippen MR) is 109 cm³/mol. The van der Waals surface area contributed by atoms with Crippen LogP contribution in [0.1, 0.15) is 18.9 Å². The topological polar surface area (TPSA) is 106 Å². The smallest absolute Gasteiger partial charge is 0.275 e. The van der Waals surface area contributed by atoms with Crippen molar-refractivity contribution in [3.63, 3.8) is 0 Å². The zero-order valence-corrected chi connectivity index (χ0v) is 15.5. The van der Waals surface area contributed by atoms with E-state index in [9.17, 15) is 14.9 Å². The SMILES string of the molecule is CCCNn1cc(-c2nc3cccc(C)c3[nH]c2=O)c2ccc([N+](=O)[O-])cc21. The molecule has 8 nitrogen and oxygen atoms in total. The van der Waals surface area contributed by atoms with E-state index in [1.54, 1.807) is 16.9 Å². The second-order valence-electron chi connectivity index (χ2n) is 6.66. The van der Waals surface area contributed by atoms with Crippen LogP contribution in [0.25, 0.3) is 33.2 Å². The highest BCUT2D eigenvalue weighted by Gasteiger charge is 2.18. The van der Waals surface area contributed by atoms with Crippen LogP contribution in [-0.2, 0) is 0 Å². The molecule has 0 bridgehead atoms. The second kappa shape index (κ2) is 6.80. The molecule has 2 aromatic carbocycles. The first kappa shape index (κ1) is 17.7. The lowest BCUT2D eigenvalue weighted by Crippen LogP contribution is -2.14. The number of para-hydroxylation sites is 1. The normalized spacial score (nSPS) is 11.2. The highest BCUT2D eigenvalue weighted by atomic mass is 16.6. The summed E-state index contributed by atoms with van der Waals surface area (Å²) in [5.74, 6) is 0. The molecule has 0 aliphatic heterocycles. The number of nitro benzene ring substituents is 1. The summed E-state index contributed by atoms with van der Waals surface area (Å²) in [4.78, 5) is 31.0. The molecule has 0 aliphatic rings. The largest absolute Gasteiger partial charge is 0.326 e. The Morgan fingerprint density at radius 1 is 1.29 bits per heavy atom. The molecule has 2 aromatic heterocycles. The van der Waals surface area contributed by atoms with Gasteiger partial charge in [-0.2, -0.15) is 0 Å². The van der Waals surface area contributed by atoms with Crippen LogP contribution in [0, 0.1) is 17.0 Å². The summed E-state index contributed by atoms with van der Waals surface area (Å²) in [5, 5.41) is 11.9. The minimum Gasteiger partial charge on any atom is -0.326 e. The number of nitrogens with one attached hydrogen (secondary N) is 2. The van der Waals surface area contributed by atoms with Gasteiger partial charge in [-0.1, -0.05) is 19.1 Å². The Bertz CT molecular complexity index is 1270. The van der Waals surface area contributed by atoms with Gasteiger partial charge in [0.1, 0.15) is 5.69 Å². The van der Waals surface area contributed by atoms with Crippen LogP contribution < -0.4 is 11.0 Å². The fourth-order valence-corrected chi connectivity index (χ4v) is 3.32. The van der Waals surface area contributed by atoms with E-state index in [2.05, 4.69) is 15.4 Å². The minimum atomic E-state index is -0.430. The molecule has 2 heterocycles. The Morgan fingerprint density at radius 3 is 2.86 bits per heavy atom. The van der Waals surface area contributed by atoms with Crippen molar-refractivity contribution in [2.75, 3.05) is 12.0 Å². The van der Waals surface area contributed by atoms with E-state index in [-0.39, 0.29) is 16.9 Å². The van der Waals surface area contributed by atoms with Gasteiger partial charge >= 0.3 is 0 Å². The van der Waals surface area contributed by atoms with Crippen molar-refractivity contribution in [1.82, 2.24) is 14.6 Å². The summed E-state index contributed by atoms with van der Waals surface area (Å²) < 4.78 is 1.72. The molecule has 0 spiro atoms. The Kier molecular flexibility index (Phi) is 4.31. The van der Waals surface area contributed by atoms with Crippen LogP contribution in [0.4, 0.5) is 5.69 Å². The first-order valence-corrected chi connectivity index (χ1v) is 9.03. The molecular formula is C20H19N5O3. The van der Waals surface area contributed by atoms with Gasteiger partial charge in [0.05, 0.1) is 21.5 Å². The maximum Gasteiger partial charge on any atom is 0.275 e. The van der Waals surface area contributed by atoms with E-state index < -0.39 is 4.92 Å². The maximum atomic E-state index is 12.8. The van der Waals surface area contributed by atoms with E-state index in [1.165, 1.54) is 12.1 Å². The quantitative estimate of drug-likeness (QED) is 0.407. The molecule has 0 saturated heterocycles. The highest BCUT2D eigenvalue weighted by molar-refractivity contribution is 5.97. The number of aryl methyl sites for hydroxylation is 1. The summed E-state index contributed by atoms with van der Waals surface area (Å²) in [5.41, 5.74) is 6.79. The fraction of sp³-hybridized carbons (Fsp3) is 0.200. The third-order valence-corrected chi connectivity index (χ3v) is 4.72. The number of nitrogens with zero attached hydrogens (tertiary/aromatic N) is 3. The monoisotopic (exact) mass is 377 g/mol. The molecule has 0 aliphatic carbocycles. The summed E-state index contributed by atoms with van der Waals surface area (Å²) in [6, 6.07) is 10.3. The minimum absolute atomic E-state index is 0.00676. The average molecular weight is 377 g/mol. The van der Waals surface area contributed by atoms with Crippen LogP contribution >= 0.6 is 0 Å². The molecule has 8 heteroatoms. The summed E-state index contributed by atoms with van der Waals surface area (Å²) in [7, 11) is 0. The maximum absolute atomic E-state index is 12.8. The molecule has 0 radical (unpaired) electrons. The molecule has 0 atom stereocenters. The third kappa shape index (κ3) is 2.88. The first-order chi connectivity index (χ1) is 13.5. The number of benzene rings is 2. The van der Waals surface area contributed by atoms with Gasteiger partial charge in [-0.3, -0.25) is 19.6 Å². The van der Waals surface area contributed by atoms with E-state index >= 15 is 0 Å². The Balaban J connectivity index is 1.98. The molecule has 142 valence electrons. The summed E-state index contributed by atoms with van der Waals surface area (Å²) in [6.07, 6.45) is 2.65. The number of rotatable bonds is 5. The number of fused-ring (bicyclic) bond motifs is 2. The summed E-state index contributed by atoms with van der Waals surface area (Å²) in [6.45, 7) is 4.63. The van der Waals surface area contributed by atoms with Crippen LogP contribution in [0.2, 0.25) is 0 Å². The molecule has 0 unspecified atom stereocenters. The van der Waals surface area contributed by atoms with Gasteiger partial charge in [-0.25, -0.2) is 4.98 Å². The number of hydrogen-bond donors (Lipinski definition) is 2. The fourth-order valence-electron chi connectivity index (χ4n) is 3.32. The van der Waals surface area contributed by atoms with E-state index in [0.29, 0.717) is 28.7 Å². The van der Waals surface area contributed by atoms with Crippen molar-refractivity contribution in [2.45, 2.75) is 20.3 Å². The Hall–Kier alpha value is -3.68. The van der Waals surface area contributed by atoms with E-state index in [1.807, 2.05) is 32.0 Å². The lowest BCUT2D eigenvalue weighted by Gasteiger charge is -2.07. The lowest BCUT2D eigenvalue weighted by molar-refractivity contribution is -0.384. The highest BCUT2D eigenvalue weighted by Crippen LogP contribution is 2.30. The standard InChI is InChI=1S/C20H19N5O3/c1-3-9-21-24-11-15(14-8-7-13(25(27)28)10-17(14)24)19-20(26)23-18-12(2)5-4-6-16(18)22-19/h4-8,10-11,21H,3,9H2,1-2H3,(H,23,26). The van der Waals surface area contributed by atoms with Crippen molar-refractivity contribution >= 4 is 27.6 Å². The van der Waals surface area contributed by atoms with Gasteiger partial charge in [0, 0.05) is 35.8 Å². The first-order valence-electron chi connectivity index (χ1n) is 9.03. The predicted octanol–water partition coefficient (Wildman–Crippen LogP) is 3.71. The molecule has 0 saturated carbocycles. The zero-order valence-electron chi connectivity index (χ0n) is 15.5. The third-order valence-electron chi connectivity index (χ3n) is 4.72. The molecular weight excluding hydrogens is 358 g/mol. The Morgan fingerprint density at radius 2 is 2.11 bits per heavy atom.